The monoisotopic (exact) mass is 378 g/mol. The van der Waals surface area contributed by atoms with Crippen LogP contribution in [0, 0.1) is 0 Å². The molecule has 1 N–H and O–H groups in total. The number of rotatable bonds is 7. The molecule has 1 fully saturated rings. The van der Waals surface area contributed by atoms with E-state index in [-0.39, 0.29) is 22.9 Å². The first-order valence-corrected chi connectivity index (χ1v) is 10.7. The number of carbonyl (C=O) groups is 1. The van der Waals surface area contributed by atoms with Crippen LogP contribution < -0.4 is 4.72 Å². The van der Waals surface area contributed by atoms with E-state index in [2.05, 4.69) is 4.72 Å². The van der Waals surface area contributed by atoms with E-state index in [4.69, 9.17) is 0 Å². The Bertz CT molecular complexity index is 841. The fraction of sp³-hybridized carbons (Fsp3) is 0.389. The molecule has 1 amide bonds. The predicted molar refractivity (Wildman–Crippen MR) is 99.1 cm³/mol. The van der Waals surface area contributed by atoms with Crippen molar-refractivity contribution in [3.63, 3.8) is 0 Å². The van der Waals surface area contributed by atoms with E-state index in [0.29, 0.717) is 12.1 Å². The Labute approximate surface area is 152 Å². The van der Waals surface area contributed by atoms with Crippen molar-refractivity contribution in [1.29, 1.82) is 0 Å². The molecule has 1 aliphatic carbocycles. The zero-order valence-corrected chi connectivity index (χ0v) is 15.9. The van der Waals surface area contributed by atoms with Crippen molar-refractivity contribution in [2.45, 2.75) is 50.2 Å². The van der Waals surface area contributed by atoms with Gasteiger partial charge in [0.15, 0.2) is 0 Å². The van der Waals surface area contributed by atoms with E-state index in [1.165, 1.54) is 12.1 Å². The highest BCUT2D eigenvalue weighted by atomic mass is 32.2. The Hall–Kier alpha value is -1.70. The maximum Gasteiger partial charge on any atom is 0.254 e. The van der Waals surface area contributed by atoms with Gasteiger partial charge in [0.25, 0.3) is 5.91 Å². The first-order chi connectivity index (χ1) is 11.9. The fourth-order valence-corrected chi connectivity index (χ4v) is 4.66. The van der Waals surface area contributed by atoms with Crippen molar-refractivity contribution < 1.29 is 13.2 Å². The van der Waals surface area contributed by atoms with Crippen molar-refractivity contribution >= 4 is 27.3 Å². The maximum atomic E-state index is 13.0. The SMILES string of the molecule is CC(C)NS(=O)(=O)c1cccc(C(=O)N(Cc2cccs2)C2CC2)c1. The van der Waals surface area contributed by atoms with Crippen LogP contribution >= 0.6 is 11.3 Å². The van der Waals surface area contributed by atoms with Crippen LogP contribution in [0.5, 0.6) is 0 Å². The Morgan fingerprint density at radius 2 is 2.04 bits per heavy atom. The number of sulfonamides is 1. The molecule has 1 aromatic heterocycles. The molecular weight excluding hydrogens is 356 g/mol. The number of benzene rings is 1. The molecule has 134 valence electrons. The summed E-state index contributed by atoms with van der Waals surface area (Å²) >= 11 is 1.62. The molecule has 2 aromatic rings. The average Bonchev–Trinajstić information content (AvgIpc) is 3.27. The van der Waals surface area contributed by atoms with Crippen molar-refractivity contribution in [3.05, 3.63) is 52.2 Å². The number of amides is 1. The molecule has 5 nitrogen and oxygen atoms in total. The molecule has 0 radical (unpaired) electrons. The van der Waals surface area contributed by atoms with E-state index in [1.807, 2.05) is 22.4 Å². The highest BCUT2D eigenvalue weighted by molar-refractivity contribution is 7.89. The minimum Gasteiger partial charge on any atom is -0.331 e. The van der Waals surface area contributed by atoms with Crippen LogP contribution in [-0.2, 0) is 16.6 Å². The van der Waals surface area contributed by atoms with Gasteiger partial charge in [0, 0.05) is 22.5 Å². The van der Waals surface area contributed by atoms with Gasteiger partial charge in [-0.2, -0.15) is 0 Å². The molecule has 1 aliphatic rings. The van der Waals surface area contributed by atoms with Gasteiger partial charge in [0.05, 0.1) is 11.4 Å². The Balaban J connectivity index is 1.85. The van der Waals surface area contributed by atoms with Gasteiger partial charge in [-0.25, -0.2) is 13.1 Å². The number of carbonyl (C=O) groups excluding carboxylic acids is 1. The molecule has 1 saturated carbocycles. The van der Waals surface area contributed by atoms with E-state index in [9.17, 15) is 13.2 Å². The maximum absolute atomic E-state index is 13.0. The first-order valence-electron chi connectivity index (χ1n) is 8.32. The van der Waals surface area contributed by atoms with Crippen LogP contribution in [0.3, 0.4) is 0 Å². The normalized spacial score (nSPS) is 14.7. The summed E-state index contributed by atoms with van der Waals surface area (Å²) in [6.45, 7) is 4.10. The molecule has 25 heavy (non-hydrogen) atoms. The summed E-state index contributed by atoms with van der Waals surface area (Å²) in [5.74, 6) is -0.113. The van der Waals surface area contributed by atoms with Crippen LogP contribution in [0.25, 0.3) is 0 Å². The van der Waals surface area contributed by atoms with Gasteiger partial charge in [0.2, 0.25) is 10.0 Å². The minimum atomic E-state index is -3.61. The summed E-state index contributed by atoms with van der Waals surface area (Å²) in [6, 6.07) is 10.3. The van der Waals surface area contributed by atoms with E-state index >= 15 is 0 Å². The second-order valence-electron chi connectivity index (χ2n) is 6.55. The summed E-state index contributed by atoms with van der Waals surface area (Å²) in [5, 5.41) is 2.00. The number of hydrogen-bond donors (Lipinski definition) is 1. The smallest absolute Gasteiger partial charge is 0.254 e. The molecule has 0 unspecified atom stereocenters. The molecule has 1 aromatic carbocycles. The largest absolute Gasteiger partial charge is 0.331 e. The standard InChI is InChI=1S/C18H22N2O3S2/c1-13(2)19-25(22,23)17-7-3-5-14(11-17)18(21)20(15-8-9-15)12-16-6-4-10-24-16/h3-7,10-11,13,15,19H,8-9,12H2,1-2H3. The topological polar surface area (TPSA) is 66.5 Å². The zero-order chi connectivity index (χ0) is 18.0. The quantitative estimate of drug-likeness (QED) is 0.804. The van der Waals surface area contributed by atoms with Gasteiger partial charge in [-0.05, 0) is 56.3 Å². The highest BCUT2D eigenvalue weighted by Crippen LogP contribution is 2.31. The highest BCUT2D eigenvalue weighted by Gasteiger charge is 2.33. The summed E-state index contributed by atoms with van der Waals surface area (Å²) in [4.78, 5) is 16.1. The molecule has 0 saturated heterocycles. The summed E-state index contributed by atoms with van der Waals surface area (Å²) in [5.41, 5.74) is 0.412. The van der Waals surface area contributed by atoms with Crippen molar-refractivity contribution in [2.24, 2.45) is 0 Å². The summed E-state index contributed by atoms with van der Waals surface area (Å²) < 4.78 is 27.3. The van der Waals surface area contributed by atoms with Crippen LogP contribution in [0.2, 0.25) is 0 Å². The third kappa shape index (κ3) is 4.48. The average molecular weight is 379 g/mol. The lowest BCUT2D eigenvalue weighted by atomic mass is 10.2. The van der Waals surface area contributed by atoms with Gasteiger partial charge in [-0.1, -0.05) is 12.1 Å². The number of hydrogen-bond acceptors (Lipinski definition) is 4. The Kier molecular flexibility index (Phi) is 5.27. The van der Waals surface area contributed by atoms with Crippen molar-refractivity contribution in [3.8, 4) is 0 Å². The lowest BCUT2D eigenvalue weighted by Gasteiger charge is -2.22. The Morgan fingerprint density at radius 3 is 2.64 bits per heavy atom. The number of nitrogens with zero attached hydrogens (tertiary/aromatic N) is 1. The molecule has 0 bridgehead atoms. The third-order valence-electron chi connectivity index (χ3n) is 3.94. The van der Waals surface area contributed by atoms with Gasteiger partial charge < -0.3 is 4.90 Å². The third-order valence-corrected chi connectivity index (χ3v) is 6.45. The van der Waals surface area contributed by atoms with E-state index < -0.39 is 10.0 Å². The fourth-order valence-electron chi connectivity index (χ4n) is 2.66. The van der Waals surface area contributed by atoms with E-state index in [1.54, 1.807) is 37.3 Å². The predicted octanol–water partition coefficient (Wildman–Crippen LogP) is 3.24. The molecule has 0 spiro atoms. The second kappa shape index (κ2) is 7.27. The van der Waals surface area contributed by atoms with Crippen LogP contribution in [0.4, 0.5) is 0 Å². The number of thiophene rings is 1. The lowest BCUT2D eigenvalue weighted by molar-refractivity contribution is 0.0731. The van der Waals surface area contributed by atoms with Gasteiger partial charge in [0.1, 0.15) is 0 Å². The Morgan fingerprint density at radius 1 is 1.28 bits per heavy atom. The lowest BCUT2D eigenvalue weighted by Crippen LogP contribution is -2.33. The van der Waals surface area contributed by atoms with Gasteiger partial charge >= 0.3 is 0 Å². The van der Waals surface area contributed by atoms with Crippen LogP contribution in [0.15, 0.2) is 46.7 Å². The van der Waals surface area contributed by atoms with Crippen LogP contribution in [0.1, 0.15) is 41.9 Å². The molecule has 7 heteroatoms. The van der Waals surface area contributed by atoms with Crippen LogP contribution in [-0.4, -0.2) is 31.3 Å². The molecule has 3 rings (SSSR count). The minimum absolute atomic E-state index is 0.113. The molecule has 0 atom stereocenters. The molecule has 0 aliphatic heterocycles. The van der Waals surface area contributed by atoms with Crippen molar-refractivity contribution in [2.75, 3.05) is 0 Å². The summed E-state index contributed by atoms with van der Waals surface area (Å²) in [7, 11) is -3.61. The van der Waals surface area contributed by atoms with E-state index in [0.717, 1.165) is 17.7 Å². The first kappa shape index (κ1) is 18.1. The number of nitrogens with one attached hydrogen (secondary N) is 1. The zero-order valence-electron chi connectivity index (χ0n) is 14.3. The second-order valence-corrected chi connectivity index (χ2v) is 9.29. The van der Waals surface area contributed by atoms with Crippen molar-refractivity contribution in [1.82, 2.24) is 9.62 Å². The molecular formula is C18H22N2O3S2. The van der Waals surface area contributed by atoms with Gasteiger partial charge in [-0.15, -0.1) is 11.3 Å². The molecule has 1 heterocycles. The summed E-state index contributed by atoms with van der Waals surface area (Å²) in [6.07, 6.45) is 2.01. The van der Waals surface area contributed by atoms with Gasteiger partial charge in [-0.3, -0.25) is 4.79 Å².